The van der Waals surface area contributed by atoms with Crippen molar-refractivity contribution in [3.05, 3.63) is 212 Å². The molecular formula is C56H35NO2. The summed E-state index contributed by atoms with van der Waals surface area (Å²) in [5.74, 6) is 0. The van der Waals surface area contributed by atoms with E-state index in [1.54, 1.807) is 0 Å². The van der Waals surface area contributed by atoms with E-state index < -0.39 is 0 Å². The molecule has 2 aromatic heterocycles. The normalized spacial score (nSPS) is 11.7. The van der Waals surface area contributed by atoms with Crippen LogP contribution in [0.3, 0.4) is 0 Å². The Bertz CT molecular complexity index is 3540. The Balaban J connectivity index is 1.12. The van der Waals surface area contributed by atoms with Crippen molar-refractivity contribution in [2.75, 3.05) is 4.90 Å². The highest BCUT2D eigenvalue weighted by molar-refractivity contribution is 6.20. The van der Waals surface area contributed by atoms with Gasteiger partial charge in [-0.3, -0.25) is 0 Å². The smallest absolute Gasteiger partial charge is 0.160 e. The van der Waals surface area contributed by atoms with Crippen LogP contribution >= 0.6 is 0 Å². The number of para-hydroxylation sites is 1. The third kappa shape index (κ3) is 5.36. The second kappa shape index (κ2) is 13.4. The van der Waals surface area contributed by atoms with Crippen LogP contribution in [-0.4, -0.2) is 0 Å². The van der Waals surface area contributed by atoms with E-state index in [0.717, 1.165) is 99.5 Å². The quantitative estimate of drug-likeness (QED) is 0.169. The maximum Gasteiger partial charge on any atom is 0.160 e. The third-order valence-electron chi connectivity index (χ3n) is 11.9. The highest BCUT2D eigenvalue weighted by Gasteiger charge is 2.24. The number of furan rings is 2. The Labute approximate surface area is 340 Å². The van der Waals surface area contributed by atoms with Crippen LogP contribution < -0.4 is 4.90 Å². The van der Waals surface area contributed by atoms with Crippen molar-refractivity contribution in [3.63, 3.8) is 0 Å². The van der Waals surface area contributed by atoms with Gasteiger partial charge in [-0.05, 0) is 80.4 Å². The summed E-state index contributed by atoms with van der Waals surface area (Å²) in [7, 11) is 0. The number of benzene rings is 10. The second-order valence-electron chi connectivity index (χ2n) is 15.2. The summed E-state index contributed by atoms with van der Waals surface area (Å²) in [6.07, 6.45) is 0. The topological polar surface area (TPSA) is 29.5 Å². The van der Waals surface area contributed by atoms with Gasteiger partial charge in [-0.2, -0.15) is 0 Å². The van der Waals surface area contributed by atoms with Crippen molar-refractivity contribution in [1.29, 1.82) is 0 Å². The van der Waals surface area contributed by atoms with Gasteiger partial charge in [0.15, 0.2) is 5.58 Å². The van der Waals surface area contributed by atoms with E-state index in [9.17, 15) is 0 Å². The van der Waals surface area contributed by atoms with Gasteiger partial charge in [0.2, 0.25) is 0 Å². The molecule has 0 saturated heterocycles. The zero-order valence-corrected chi connectivity index (χ0v) is 32.0. The summed E-state index contributed by atoms with van der Waals surface area (Å²) >= 11 is 0. The third-order valence-corrected chi connectivity index (χ3v) is 11.9. The number of hydrogen-bond donors (Lipinski definition) is 0. The molecule has 12 aromatic rings. The molecule has 0 fully saturated rings. The van der Waals surface area contributed by atoms with E-state index >= 15 is 0 Å². The minimum atomic E-state index is 0.818. The predicted molar refractivity (Wildman–Crippen MR) is 247 cm³/mol. The van der Waals surface area contributed by atoms with Gasteiger partial charge in [-0.25, -0.2) is 0 Å². The zero-order chi connectivity index (χ0) is 38.9. The van der Waals surface area contributed by atoms with E-state index in [-0.39, 0.29) is 0 Å². The van der Waals surface area contributed by atoms with Crippen molar-refractivity contribution >= 4 is 82.5 Å². The van der Waals surface area contributed by atoms with E-state index in [4.69, 9.17) is 8.83 Å². The van der Waals surface area contributed by atoms with Gasteiger partial charge in [0.05, 0.1) is 11.4 Å². The van der Waals surface area contributed by atoms with E-state index in [1.807, 2.05) is 0 Å². The lowest BCUT2D eigenvalue weighted by Crippen LogP contribution is -2.10. The Morgan fingerprint density at radius 1 is 0.305 bits per heavy atom. The summed E-state index contributed by atoms with van der Waals surface area (Å²) in [5, 5.41) is 9.08. The van der Waals surface area contributed by atoms with Crippen molar-refractivity contribution in [3.8, 4) is 33.4 Å². The van der Waals surface area contributed by atoms with Crippen LogP contribution in [0.25, 0.3) is 98.8 Å². The zero-order valence-electron chi connectivity index (χ0n) is 32.0. The van der Waals surface area contributed by atoms with Crippen LogP contribution in [0.5, 0.6) is 0 Å². The van der Waals surface area contributed by atoms with Gasteiger partial charge in [-0.1, -0.05) is 170 Å². The number of nitrogens with zero attached hydrogens (tertiary/aromatic N) is 1. The van der Waals surface area contributed by atoms with Gasteiger partial charge in [0, 0.05) is 44.2 Å². The Hall–Kier alpha value is -7.88. The molecule has 0 unspecified atom stereocenters. The molecule has 0 amide bonds. The summed E-state index contributed by atoms with van der Waals surface area (Å²) in [6, 6.07) is 75.5. The highest BCUT2D eigenvalue weighted by atomic mass is 16.3. The number of rotatable bonds is 6. The minimum Gasteiger partial charge on any atom is -0.455 e. The molecule has 0 bridgehead atoms. The van der Waals surface area contributed by atoms with Gasteiger partial charge in [-0.15, -0.1) is 0 Å². The molecule has 0 radical (unpaired) electrons. The molecule has 0 aliphatic heterocycles. The maximum absolute atomic E-state index is 7.22. The molecule has 10 aromatic carbocycles. The van der Waals surface area contributed by atoms with Crippen molar-refractivity contribution in [2.45, 2.75) is 0 Å². The minimum absolute atomic E-state index is 0.818. The van der Waals surface area contributed by atoms with Gasteiger partial charge in [0.1, 0.15) is 16.7 Å². The molecule has 3 heteroatoms. The Kier molecular flexibility index (Phi) is 7.54. The predicted octanol–water partition coefficient (Wildman–Crippen LogP) is 16.3. The lowest BCUT2D eigenvalue weighted by atomic mass is 9.96. The van der Waals surface area contributed by atoms with Gasteiger partial charge in [0.25, 0.3) is 0 Å². The Morgan fingerprint density at radius 3 is 1.69 bits per heavy atom. The average Bonchev–Trinajstić information content (AvgIpc) is 3.89. The van der Waals surface area contributed by atoms with Crippen molar-refractivity contribution < 1.29 is 8.83 Å². The highest BCUT2D eigenvalue weighted by Crippen LogP contribution is 2.48. The standard InChI is InChI=1S/C56H35NO2/c1-3-13-37(14-4-1)45-33-34-51(56-53(45)50-24-12-23-47(55(50)59-56)38-15-5-2-6-16-38)57(41-28-25-40(26-29-41)44-22-11-19-36-17-7-9-20-43(36)44)42-30-32-48-49-31-27-39-18-8-10-21-46(39)54(49)58-52(48)35-42/h1-35H. The van der Waals surface area contributed by atoms with E-state index in [1.165, 1.54) is 16.3 Å². The first-order valence-corrected chi connectivity index (χ1v) is 20.1. The van der Waals surface area contributed by atoms with E-state index in [2.05, 4.69) is 217 Å². The molecule has 0 aliphatic carbocycles. The molecule has 3 nitrogen and oxygen atoms in total. The average molecular weight is 754 g/mol. The van der Waals surface area contributed by atoms with Crippen LogP contribution in [0.1, 0.15) is 0 Å². The van der Waals surface area contributed by atoms with Crippen LogP contribution in [-0.2, 0) is 0 Å². The molecular weight excluding hydrogens is 719 g/mol. The van der Waals surface area contributed by atoms with E-state index in [0.29, 0.717) is 0 Å². The molecule has 0 N–H and O–H groups in total. The lowest BCUT2D eigenvalue weighted by Gasteiger charge is -2.26. The van der Waals surface area contributed by atoms with Crippen molar-refractivity contribution in [1.82, 2.24) is 0 Å². The lowest BCUT2D eigenvalue weighted by molar-refractivity contribution is 0.669. The molecule has 0 atom stereocenters. The first-order chi connectivity index (χ1) is 29.3. The molecule has 12 rings (SSSR count). The fourth-order valence-electron chi connectivity index (χ4n) is 9.09. The monoisotopic (exact) mass is 753 g/mol. The van der Waals surface area contributed by atoms with Gasteiger partial charge < -0.3 is 13.7 Å². The second-order valence-corrected chi connectivity index (χ2v) is 15.2. The Morgan fingerprint density at radius 2 is 0.898 bits per heavy atom. The molecule has 0 aliphatic rings. The van der Waals surface area contributed by atoms with Crippen molar-refractivity contribution in [2.24, 2.45) is 0 Å². The number of anilines is 3. The maximum atomic E-state index is 7.22. The first-order valence-electron chi connectivity index (χ1n) is 20.1. The van der Waals surface area contributed by atoms with Crippen LogP contribution in [0.15, 0.2) is 221 Å². The first kappa shape index (κ1) is 33.3. The number of hydrogen-bond acceptors (Lipinski definition) is 3. The molecule has 59 heavy (non-hydrogen) atoms. The van der Waals surface area contributed by atoms with Crippen LogP contribution in [0.4, 0.5) is 17.1 Å². The molecule has 2 heterocycles. The van der Waals surface area contributed by atoms with Crippen LogP contribution in [0, 0.1) is 0 Å². The summed E-state index contributed by atoms with van der Waals surface area (Å²) in [6.45, 7) is 0. The fourth-order valence-corrected chi connectivity index (χ4v) is 9.09. The number of fused-ring (bicyclic) bond motifs is 9. The van der Waals surface area contributed by atoms with Crippen LogP contribution in [0.2, 0.25) is 0 Å². The fraction of sp³-hybridized carbons (Fsp3) is 0. The summed E-state index contributed by atoms with van der Waals surface area (Å²) in [4.78, 5) is 2.32. The largest absolute Gasteiger partial charge is 0.455 e. The SMILES string of the molecule is c1ccc(-c2cccc3c2oc2c(N(c4ccc(-c5cccc6ccccc56)cc4)c4ccc5c(c4)oc4c6ccccc6ccc54)ccc(-c4ccccc4)c23)cc1. The summed E-state index contributed by atoms with van der Waals surface area (Å²) in [5.41, 5.74) is 13.1. The molecule has 0 saturated carbocycles. The molecule has 0 spiro atoms. The summed E-state index contributed by atoms with van der Waals surface area (Å²) < 4.78 is 14.0. The van der Waals surface area contributed by atoms with Gasteiger partial charge >= 0.3 is 0 Å². The molecule has 276 valence electrons.